The molecule has 1 atom stereocenters. The maximum Gasteiger partial charge on any atom is 0.221 e. The first-order valence-corrected chi connectivity index (χ1v) is 9.54. The molecule has 1 amide bonds. The molecule has 0 aromatic heterocycles. The number of likely N-dealkylation sites (tertiary alicyclic amines) is 1. The van der Waals surface area contributed by atoms with E-state index in [1.54, 1.807) is 0 Å². The summed E-state index contributed by atoms with van der Waals surface area (Å²) in [7, 11) is 0. The van der Waals surface area contributed by atoms with Crippen molar-refractivity contribution in [3.63, 3.8) is 0 Å². The fraction of sp³-hybridized carbons (Fsp3) is 0.944. The van der Waals surface area contributed by atoms with Crippen molar-refractivity contribution in [2.75, 3.05) is 26.2 Å². The molecule has 134 valence electrons. The van der Waals surface area contributed by atoms with Crippen LogP contribution >= 0.6 is 12.4 Å². The van der Waals surface area contributed by atoms with E-state index in [-0.39, 0.29) is 23.9 Å². The van der Waals surface area contributed by atoms with Crippen LogP contribution < -0.4 is 10.6 Å². The van der Waals surface area contributed by atoms with Gasteiger partial charge in [0.05, 0.1) is 0 Å². The van der Waals surface area contributed by atoms with E-state index in [4.69, 9.17) is 0 Å². The minimum absolute atomic E-state index is 0. The van der Waals surface area contributed by atoms with Gasteiger partial charge in [-0.2, -0.15) is 0 Å². The number of piperidine rings is 1. The summed E-state index contributed by atoms with van der Waals surface area (Å²) in [5.74, 6) is 0.251. The first-order chi connectivity index (χ1) is 10.8. The summed E-state index contributed by atoms with van der Waals surface area (Å²) in [6.45, 7) is 4.42. The first-order valence-electron chi connectivity index (χ1n) is 9.54. The van der Waals surface area contributed by atoms with E-state index < -0.39 is 0 Å². The normalized spacial score (nSPS) is 28.1. The number of nitrogens with zero attached hydrogens (tertiary/aromatic N) is 1. The molecule has 0 aromatic rings. The number of hydrogen-bond acceptors (Lipinski definition) is 3. The van der Waals surface area contributed by atoms with E-state index >= 15 is 0 Å². The summed E-state index contributed by atoms with van der Waals surface area (Å²) in [6, 6.07) is 0.414. The van der Waals surface area contributed by atoms with Crippen LogP contribution in [0.15, 0.2) is 0 Å². The molecule has 1 aliphatic carbocycles. The van der Waals surface area contributed by atoms with Gasteiger partial charge in [-0.1, -0.05) is 25.7 Å². The molecule has 0 aromatic carbocycles. The van der Waals surface area contributed by atoms with Gasteiger partial charge in [0.2, 0.25) is 5.91 Å². The largest absolute Gasteiger partial charge is 0.354 e. The third kappa shape index (κ3) is 5.07. The van der Waals surface area contributed by atoms with E-state index in [1.807, 2.05) is 0 Å². The Kier molecular flexibility index (Phi) is 7.64. The van der Waals surface area contributed by atoms with Gasteiger partial charge in [0.25, 0.3) is 0 Å². The third-order valence-electron chi connectivity index (χ3n) is 6.02. The highest BCUT2D eigenvalue weighted by molar-refractivity contribution is 5.85. The Labute approximate surface area is 147 Å². The van der Waals surface area contributed by atoms with Gasteiger partial charge in [-0.05, 0) is 58.2 Å². The van der Waals surface area contributed by atoms with Gasteiger partial charge >= 0.3 is 0 Å². The Hall–Kier alpha value is -0.320. The van der Waals surface area contributed by atoms with E-state index in [1.165, 1.54) is 70.9 Å². The molecule has 3 fully saturated rings. The monoisotopic (exact) mass is 343 g/mol. The van der Waals surface area contributed by atoms with Crippen molar-refractivity contribution >= 4 is 18.3 Å². The number of nitrogens with one attached hydrogen (secondary N) is 2. The van der Waals surface area contributed by atoms with E-state index in [2.05, 4.69) is 15.5 Å². The average Bonchev–Trinajstić information content (AvgIpc) is 3.08. The molecule has 3 aliphatic rings. The molecular weight excluding hydrogens is 310 g/mol. The van der Waals surface area contributed by atoms with Crippen LogP contribution in [0.25, 0.3) is 0 Å². The zero-order valence-corrected chi connectivity index (χ0v) is 15.3. The van der Waals surface area contributed by atoms with Crippen molar-refractivity contribution < 1.29 is 4.79 Å². The zero-order valence-electron chi connectivity index (χ0n) is 14.4. The first kappa shape index (κ1) is 19.0. The van der Waals surface area contributed by atoms with Crippen LogP contribution in [0.5, 0.6) is 0 Å². The van der Waals surface area contributed by atoms with Crippen LogP contribution in [-0.4, -0.2) is 48.6 Å². The SMILES string of the molecule is Cl.O=C(CC1CCCN1)NCC1(N2CCCCC2)CCCCC1. The minimum atomic E-state index is 0. The second-order valence-electron chi connectivity index (χ2n) is 7.61. The highest BCUT2D eigenvalue weighted by Crippen LogP contribution is 2.35. The lowest BCUT2D eigenvalue weighted by atomic mass is 9.79. The molecule has 0 radical (unpaired) electrons. The predicted molar refractivity (Wildman–Crippen MR) is 97.1 cm³/mol. The third-order valence-corrected chi connectivity index (χ3v) is 6.02. The molecule has 0 bridgehead atoms. The smallest absolute Gasteiger partial charge is 0.221 e. The van der Waals surface area contributed by atoms with Crippen molar-refractivity contribution in [3.8, 4) is 0 Å². The lowest BCUT2D eigenvalue weighted by molar-refractivity contribution is -0.122. The number of carbonyl (C=O) groups is 1. The second kappa shape index (κ2) is 9.24. The highest BCUT2D eigenvalue weighted by atomic mass is 35.5. The standard InChI is InChI=1S/C18H33N3O.ClH/c22-17(14-16-8-7-11-19-16)20-15-18(9-3-1-4-10-18)21-12-5-2-6-13-21;/h16,19H,1-15H2,(H,20,22);1H. The molecule has 2 N–H and O–H groups in total. The molecule has 4 nitrogen and oxygen atoms in total. The topological polar surface area (TPSA) is 44.4 Å². The summed E-state index contributed by atoms with van der Waals surface area (Å²) < 4.78 is 0. The Morgan fingerprint density at radius 2 is 1.74 bits per heavy atom. The average molecular weight is 344 g/mol. The van der Waals surface area contributed by atoms with Crippen molar-refractivity contribution in [2.45, 2.75) is 82.2 Å². The summed E-state index contributed by atoms with van der Waals surface area (Å²) in [5, 5.41) is 6.72. The molecule has 23 heavy (non-hydrogen) atoms. The Balaban J connectivity index is 0.00000192. The molecule has 2 saturated heterocycles. The van der Waals surface area contributed by atoms with Gasteiger partial charge in [0, 0.05) is 24.5 Å². The molecular formula is C18H34ClN3O. The summed E-state index contributed by atoms with van der Waals surface area (Å²) in [4.78, 5) is 15.0. The van der Waals surface area contributed by atoms with Gasteiger partial charge in [-0.25, -0.2) is 0 Å². The maximum atomic E-state index is 12.3. The predicted octanol–water partition coefficient (Wildman–Crippen LogP) is 2.86. The molecule has 2 heterocycles. The van der Waals surface area contributed by atoms with Gasteiger partial charge in [0.15, 0.2) is 0 Å². The van der Waals surface area contributed by atoms with E-state index in [0.29, 0.717) is 12.5 Å². The molecule has 1 unspecified atom stereocenters. The summed E-state index contributed by atoms with van der Waals surface area (Å²) >= 11 is 0. The molecule has 1 saturated carbocycles. The van der Waals surface area contributed by atoms with Gasteiger partial charge in [0.1, 0.15) is 0 Å². The van der Waals surface area contributed by atoms with E-state index in [9.17, 15) is 4.79 Å². The number of hydrogen-bond donors (Lipinski definition) is 2. The number of amides is 1. The van der Waals surface area contributed by atoms with Crippen molar-refractivity contribution in [1.82, 2.24) is 15.5 Å². The van der Waals surface area contributed by atoms with Crippen molar-refractivity contribution in [3.05, 3.63) is 0 Å². The molecule has 3 rings (SSSR count). The summed E-state index contributed by atoms with van der Waals surface area (Å²) in [6.07, 6.45) is 13.7. The second-order valence-corrected chi connectivity index (χ2v) is 7.61. The van der Waals surface area contributed by atoms with Crippen LogP contribution in [0.2, 0.25) is 0 Å². The lowest BCUT2D eigenvalue weighted by Gasteiger charge is -2.48. The highest BCUT2D eigenvalue weighted by Gasteiger charge is 2.38. The Morgan fingerprint density at radius 1 is 1.04 bits per heavy atom. The quantitative estimate of drug-likeness (QED) is 0.806. The van der Waals surface area contributed by atoms with Crippen LogP contribution in [0, 0.1) is 0 Å². The van der Waals surface area contributed by atoms with Crippen molar-refractivity contribution in [2.24, 2.45) is 0 Å². The summed E-state index contributed by atoms with van der Waals surface area (Å²) in [5.41, 5.74) is 0.261. The van der Waals surface area contributed by atoms with E-state index in [0.717, 1.165) is 19.5 Å². The van der Waals surface area contributed by atoms with Gasteiger partial charge in [-0.3, -0.25) is 9.69 Å². The fourth-order valence-corrected chi connectivity index (χ4v) is 4.67. The molecule has 5 heteroatoms. The van der Waals surface area contributed by atoms with Crippen molar-refractivity contribution in [1.29, 1.82) is 0 Å². The number of carbonyl (C=O) groups excluding carboxylic acids is 1. The fourth-order valence-electron chi connectivity index (χ4n) is 4.67. The van der Waals surface area contributed by atoms with Crippen LogP contribution in [0.1, 0.15) is 70.6 Å². The number of halogens is 1. The Bertz CT molecular complexity index is 359. The van der Waals surface area contributed by atoms with Crippen LogP contribution in [0.3, 0.4) is 0 Å². The molecule has 2 aliphatic heterocycles. The lowest BCUT2D eigenvalue weighted by Crippen LogP contribution is -2.58. The number of rotatable bonds is 5. The zero-order chi connectivity index (χ0) is 15.3. The van der Waals surface area contributed by atoms with Gasteiger partial charge in [-0.15, -0.1) is 12.4 Å². The minimum Gasteiger partial charge on any atom is -0.354 e. The molecule has 0 spiro atoms. The maximum absolute atomic E-state index is 12.3. The Morgan fingerprint density at radius 3 is 2.39 bits per heavy atom. The van der Waals surface area contributed by atoms with Crippen LogP contribution in [0.4, 0.5) is 0 Å². The van der Waals surface area contributed by atoms with Crippen LogP contribution in [-0.2, 0) is 4.79 Å². The van der Waals surface area contributed by atoms with Gasteiger partial charge < -0.3 is 10.6 Å².